The van der Waals surface area contributed by atoms with Gasteiger partial charge in [0.25, 0.3) is 0 Å². The first kappa shape index (κ1) is 12.9. The number of nitriles is 1. The second-order valence-electron chi connectivity index (χ2n) is 4.34. The van der Waals surface area contributed by atoms with Crippen LogP contribution in [0.2, 0.25) is 0 Å². The molecule has 1 fully saturated rings. The molecule has 0 bridgehead atoms. The third-order valence-corrected chi connectivity index (χ3v) is 3.21. The zero-order valence-electron chi connectivity index (χ0n) is 10.00. The molecular weight excluding hydrogens is 236 g/mol. The molecule has 1 saturated heterocycles. The van der Waals surface area contributed by atoms with E-state index in [1.807, 2.05) is 0 Å². The van der Waals surface area contributed by atoms with E-state index < -0.39 is 11.6 Å². The lowest BCUT2D eigenvalue weighted by Crippen LogP contribution is -2.45. The lowest BCUT2D eigenvalue weighted by Gasteiger charge is -2.34. The molecule has 0 aliphatic carbocycles. The van der Waals surface area contributed by atoms with Gasteiger partial charge in [-0.1, -0.05) is 6.07 Å². The molecule has 96 valence electrons. The fourth-order valence-electron chi connectivity index (χ4n) is 2.26. The highest BCUT2D eigenvalue weighted by Crippen LogP contribution is 2.25. The number of piperazine rings is 1. The summed E-state index contributed by atoms with van der Waals surface area (Å²) in [4.78, 5) is 2.13. The average Bonchev–Trinajstić information content (AvgIpc) is 2.40. The van der Waals surface area contributed by atoms with Gasteiger partial charge in [0.2, 0.25) is 0 Å². The predicted octanol–water partition coefficient (Wildman–Crippen LogP) is 1.82. The minimum Gasteiger partial charge on any atom is -0.314 e. The molecule has 1 atom stereocenters. The molecule has 1 heterocycles. The van der Waals surface area contributed by atoms with E-state index in [9.17, 15) is 8.78 Å². The summed E-state index contributed by atoms with van der Waals surface area (Å²) in [6, 6.07) is 5.83. The van der Waals surface area contributed by atoms with E-state index in [0.29, 0.717) is 5.56 Å². The predicted molar refractivity (Wildman–Crippen MR) is 63.8 cm³/mol. The van der Waals surface area contributed by atoms with Crippen molar-refractivity contribution in [2.24, 2.45) is 0 Å². The summed E-state index contributed by atoms with van der Waals surface area (Å²) in [5.74, 6) is -1.71. The zero-order chi connectivity index (χ0) is 13.0. The van der Waals surface area contributed by atoms with Gasteiger partial charge in [0.15, 0.2) is 11.6 Å². The Morgan fingerprint density at radius 2 is 2.00 bits per heavy atom. The van der Waals surface area contributed by atoms with Crippen LogP contribution in [0.1, 0.15) is 18.0 Å². The second kappa shape index (κ2) is 5.89. The van der Waals surface area contributed by atoms with Crippen molar-refractivity contribution in [1.29, 1.82) is 5.26 Å². The lowest BCUT2D eigenvalue weighted by atomic mass is 10.0. The molecule has 0 unspecified atom stereocenters. The van der Waals surface area contributed by atoms with Gasteiger partial charge in [-0.2, -0.15) is 5.26 Å². The van der Waals surface area contributed by atoms with Gasteiger partial charge in [0.05, 0.1) is 12.5 Å². The number of hydrogen-bond donors (Lipinski definition) is 1. The van der Waals surface area contributed by atoms with E-state index in [4.69, 9.17) is 5.26 Å². The smallest absolute Gasteiger partial charge is 0.159 e. The van der Waals surface area contributed by atoms with Crippen molar-refractivity contribution in [3.8, 4) is 6.07 Å². The highest BCUT2D eigenvalue weighted by molar-refractivity contribution is 5.22. The standard InChI is InChI=1S/C13H15F2N3/c14-11-2-1-10(9-12(11)15)13(3-4-16)18-7-5-17-6-8-18/h1-2,9,13,17H,3,5-8H2/t13-/m0/s1. The molecule has 0 saturated carbocycles. The Morgan fingerprint density at radius 3 is 2.61 bits per heavy atom. The van der Waals surface area contributed by atoms with Gasteiger partial charge in [0, 0.05) is 32.2 Å². The van der Waals surface area contributed by atoms with Gasteiger partial charge in [-0.3, -0.25) is 4.90 Å². The van der Waals surface area contributed by atoms with Crippen LogP contribution in [0.5, 0.6) is 0 Å². The molecule has 2 rings (SSSR count). The quantitative estimate of drug-likeness (QED) is 0.890. The Labute approximate surface area is 105 Å². The van der Waals surface area contributed by atoms with Crippen molar-refractivity contribution >= 4 is 0 Å². The highest BCUT2D eigenvalue weighted by Gasteiger charge is 2.22. The number of hydrogen-bond acceptors (Lipinski definition) is 3. The normalized spacial score (nSPS) is 18.3. The molecule has 0 radical (unpaired) electrons. The van der Waals surface area contributed by atoms with Crippen LogP contribution in [0.3, 0.4) is 0 Å². The van der Waals surface area contributed by atoms with Crippen LogP contribution >= 0.6 is 0 Å². The fraction of sp³-hybridized carbons (Fsp3) is 0.462. The van der Waals surface area contributed by atoms with Crippen molar-refractivity contribution in [1.82, 2.24) is 10.2 Å². The molecule has 18 heavy (non-hydrogen) atoms. The summed E-state index contributed by atoms with van der Waals surface area (Å²) < 4.78 is 26.2. The SMILES string of the molecule is N#CC[C@@H](c1ccc(F)c(F)c1)N1CCNCC1. The third-order valence-electron chi connectivity index (χ3n) is 3.21. The number of benzene rings is 1. The first-order chi connectivity index (χ1) is 8.72. The van der Waals surface area contributed by atoms with Crippen LogP contribution < -0.4 is 5.32 Å². The van der Waals surface area contributed by atoms with Gasteiger partial charge >= 0.3 is 0 Å². The Balaban J connectivity index is 2.22. The van der Waals surface area contributed by atoms with E-state index >= 15 is 0 Å². The summed E-state index contributed by atoms with van der Waals surface area (Å²) in [6.45, 7) is 3.33. The molecule has 5 heteroatoms. The maximum Gasteiger partial charge on any atom is 0.159 e. The Hall–Kier alpha value is -1.51. The first-order valence-electron chi connectivity index (χ1n) is 5.99. The Bertz CT molecular complexity index is 450. The molecule has 1 aliphatic heterocycles. The number of nitrogens with zero attached hydrogens (tertiary/aromatic N) is 2. The van der Waals surface area contributed by atoms with Crippen LogP contribution in [0.15, 0.2) is 18.2 Å². The molecular formula is C13H15F2N3. The minimum atomic E-state index is -0.856. The molecule has 1 aromatic carbocycles. The third kappa shape index (κ3) is 2.84. The summed E-state index contributed by atoms with van der Waals surface area (Å²) in [6.07, 6.45) is 0.283. The lowest BCUT2D eigenvalue weighted by molar-refractivity contribution is 0.175. The van der Waals surface area contributed by atoms with E-state index in [-0.39, 0.29) is 12.5 Å². The number of nitrogens with one attached hydrogen (secondary N) is 1. The first-order valence-corrected chi connectivity index (χ1v) is 5.99. The van der Waals surface area contributed by atoms with E-state index in [0.717, 1.165) is 32.2 Å². The van der Waals surface area contributed by atoms with Crippen LogP contribution in [0, 0.1) is 23.0 Å². The van der Waals surface area contributed by atoms with Crippen LogP contribution in [-0.2, 0) is 0 Å². The maximum absolute atomic E-state index is 13.3. The van der Waals surface area contributed by atoms with Gasteiger partial charge in [-0.05, 0) is 17.7 Å². The Kier molecular flexibility index (Phi) is 4.24. The van der Waals surface area contributed by atoms with Gasteiger partial charge in [-0.15, -0.1) is 0 Å². The van der Waals surface area contributed by atoms with Crippen molar-refractivity contribution in [2.45, 2.75) is 12.5 Å². The fourth-order valence-corrected chi connectivity index (χ4v) is 2.26. The molecule has 1 aromatic rings. The van der Waals surface area contributed by atoms with Crippen molar-refractivity contribution < 1.29 is 8.78 Å². The van der Waals surface area contributed by atoms with Crippen molar-refractivity contribution in [3.05, 3.63) is 35.4 Å². The molecule has 1 aliphatic rings. The summed E-state index contributed by atoms with van der Waals surface area (Å²) in [5, 5.41) is 12.1. The van der Waals surface area contributed by atoms with E-state index in [1.54, 1.807) is 6.07 Å². The van der Waals surface area contributed by atoms with Gasteiger partial charge in [0.1, 0.15) is 0 Å². The Morgan fingerprint density at radius 1 is 1.28 bits per heavy atom. The zero-order valence-corrected chi connectivity index (χ0v) is 10.00. The van der Waals surface area contributed by atoms with E-state index in [1.165, 1.54) is 6.07 Å². The van der Waals surface area contributed by atoms with Crippen LogP contribution in [0.4, 0.5) is 8.78 Å². The second-order valence-corrected chi connectivity index (χ2v) is 4.34. The number of rotatable bonds is 3. The van der Waals surface area contributed by atoms with Crippen molar-refractivity contribution in [2.75, 3.05) is 26.2 Å². The summed E-state index contributed by atoms with van der Waals surface area (Å²) in [7, 11) is 0. The number of halogens is 2. The molecule has 0 amide bonds. The van der Waals surface area contributed by atoms with Gasteiger partial charge in [-0.25, -0.2) is 8.78 Å². The molecule has 0 aromatic heterocycles. The van der Waals surface area contributed by atoms with E-state index in [2.05, 4.69) is 16.3 Å². The molecule has 0 spiro atoms. The largest absolute Gasteiger partial charge is 0.314 e. The molecule has 1 N–H and O–H groups in total. The summed E-state index contributed by atoms with van der Waals surface area (Å²) >= 11 is 0. The maximum atomic E-state index is 13.3. The average molecular weight is 251 g/mol. The monoisotopic (exact) mass is 251 g/mol. The molecule has 3 nitrogen and oxygen atoms in total. The summed E-state index contributed by atoms with van der Waals surface area (Å²) in [5.41, 5.74) is 0.664. The van der Waals surface area contributed by atoms with Crippen molar-refractivity contribution in [3.63, 3.8) is 0 Å². The highest BCUT2D eigenvalue weighted by atomic mass is 19.2. The van der Waals surface area contributed by atoms with Crippen LogP contribution in [0.25, 0.3) is 0 Å². The topological polar surface area (TPSA) is 39.1 Å². The van der Waals surface area contributed by atoms with Crippen LogP contribution in [-0.4, -0.2) is 31.1 Å². The van der Waals surface area contributed by atoms with Gasteiger partial charge < -0.3 is 5.32 Å². The minimum absolute atomic E-state index is 0.160.